The fourth-order valence-electron chi connectivity index (χ4n) is 2.58. The zero-order valence-electron chi connectivity index (χ0n) is 13.9. The van der Waals surface area contributed by atoms with Gasteiger partial charge < -0.3 is 24.8 Å². The van der Waals surface area contributed by atoms with Gasteiger partial charge in [0.25, 0.3) is 10.9 Å². The van der Waals surface area contributed by atoms with Crippen LogP contribution in [-0.2, 0) is 4.74 Å². The molecule has 0 radical (unpaired) electrons. The number of carbonyl (C=O) groups is 1. The lowest BCUT2D eigenvalue weighted by atomic mass is 10.1. The lowest BCUT2D eigenvalue weighted by Crippen LogP contribution is -2.53. The van der Waals surface area contributed by atoms with Crippen LogP contribution >= 0.6 is 0 Å². The molecule has 0 unspecified atom stereocenters. The van der Waals surface area contributed by atoms with Crippen LogP contribution in [-0.4, -0.2) is 75.9 Å². The van der Waals surface area contributed by atoms with Gasteiger partial charge in [0.15, 0.2) is 0 Å². The normalized spacial score (nSPS) is 15.3. The SMILES string of the molecule is CCOC(=O)N1CCN(c2c(NCCN(C)C)c(=O)c2=O)CC1. The van der Waals surface area contributed by atoms with Gasteiger partial charge in [0.05, 0.1) is 6.61 Å². The Hall–Kier alpha value is -2.09. The molecule has 1 saturated heterocycles. The first-order chi connectivity index (χ1) is 11.0. The molecule has 0 atom stereocenters. The largest absolute Gasteiger partial charge is 0.450 e. The fourth-order valence-corrected chi connectivity index (χ4v) is 2.58. The summed E-state index contributed by atoms with van der Waals surface area (Å²) >= 11 is 0. The van der Waals surface area contributed by atoms with Crippen molar-refractivity contribution in [1.29, 1.82) is 0 Å². The lowest BCUT2D eigenvalue weighted by Gasteiger charge is -2.36. The van der Waals surface area contributed by atoms with Crippen LogP contribution in [0.1, 0.15) is 6.92 Å². The van der Waals surface area contributed by atoms with Crippen LogP contribution < -0.4 is 21.1 Å². The van der Waals surface area contributed by atoms with E-state index in [4.69, 9.17) is 4.74 Å². The van der Waals surface area contributed by atoms with Gasteiger partial charge in [-0.2, -0.15) is 0 Å². The Labute approximate surface area is 135 Å². The van der Waals surface area contributed by atoms with E-state index in [-0.39, 0.29) is 6.09 Å². The van der Waals surface area contributed by atoms with E-state index in [2.05, 4.69) is 5.32 Å². The molecule has 1 aromatic rings. The number of nitrogens with one attached hydrogen (secondary N) is 1. The Morgan fingerprint density at radius 1 is 1.17 bits per heavy atom. The molecule has 0 bridgehead atoms. The number of anilines is 2. The van der Waals surface area contributed by atoms with Crippen molar-refractivity contribution in [3.63, 3.8) is 0 Å². The van der Waals surface area contributed by atoms with Crippen LogP contribution in [0.5, 0.6) is 0 Å². The van der Waals surface area contributed by atoms with E-state index < -0.39 is 10.9 Å². The quantitative estimate of drug-likeness (QED) is 0.709. The van der Waals surface area contributed by atoms with Crippen LogP contribution in [0.2, 0.25) is 0 Å². The number of ether oxygens (including phenoxy) is 1. The number of hydrogen-bond acceptors (Lipinski definition) is 7. The number of piperazine rings is 1. The Kier molecular flexibility index (Phi) is 5.59. The molecule has 1 aliphatic heterocycles. The van der Waals surface area contributed by atoms with Crippen LogP contribution in [0.25, 0.3) is 0 Å². The Bertz CT molecular complexity index is 613. The van der Waals surface area contributed by atoms with E-state index in [1.165, 1.54) is 0 Å². The van der Waals surface area contributed by atoms with Crippen molar-refractivity contribution < 1.29 is 9.53 Å². The second kappa shape index (κ2) is 7.45. The van der Waals surface area contributed by atoms with Crippen molar-refractivity contribution in [2.45, 2.75) is 6.92 Å². The summed E-state index contributed by atoms with van der Waals surface area (Å²) in [6.45, 7) is 5.49. The van der Waals surface area contributed by atoms with Crippen LogP contribution in [0.15, 0.2) is 9.59 Å². The molecule has 1 amide bonds. The topological polar surface area (TPSA) is 82.2 Å². The van der Waals surface area contributed by atoms with Crippen molar-refractivity contribution in [1.82, 2.24) is 9.80 Å². The number of amides is 1. The number of hydrogen-bond donors (Lipinski definition) is 1. The van der Waals surface area contributed by atoms with Crippen LogP contribution in [0, 0.1) is 0 Å². The van der Waals surface area contributed by atoms with E-state index in [9.17, 15) is 14.4 Å². The second-order valence-corrected chi connectivity index (χ2v) is 5.78. The summed E-state index contributed by atoms with van der Waals surface area (Å²) in [7, 11) is 3.89. The van der Waals surface area contributed by atoms with Crippen LogP contribution in [0.4, 0.5) is 16.2 Å². The molecule has 1 heterocycles. The number of rotatable bonds is 6. The summed E-state index contributed by atoms with van der Waals surface area (Å²) in [5.74, 6) is 0. The maximum atomic E-state index is 11.9. The van der Waals surface area contributed by atoms with Gasteiger partial charge in [0.1, 0.15) is 11.4 Å². The molecule has 128 valence electrons. The van der Waals surface area contributed by atoms with E-state index >= 15 is 0 Å². The van der Waals surface area contributed by atoms with Gasteiger partial charge in [-0.3, -0.25) is 9.59 Å². The summed E-state index contributed by atoms with van der Waals surface area (Å²) < 4.78 is 4.97. The highest BCUT2D eigenvalue weighted by molar-refractivity contribution is 5.76. The van der Waals surface area contributed by atoms with Gasteiger partial charge in [0.2, 0.25) is 0 Å². The van der Waals surface area contributed by atoms with Gasteiger partial charge in [-0.05, 0) is 21.0 Å². The zero-order chi connectivity index (χ0) is 17.0. The highest BCUT2D eigenvalue weighted by Gasteiger charge is 2.29. The third-order valence-electron chi connectivity index (χ3n) is 3.87. The number of nitrogens with zero attached hydrogens (tertiary/aromatic N) is 3. The van der Waals surface area contributed by atoms with E-state index in [1.807, 2.05) is 23.9 Å². The monoisotopic (exact) mass is 324 g/mol. The summed E-state index contributed by atoms with van der Waals surface area (Å²) in [4.78, 5) is 40.8. The first kappa shape index (κ1) is 17.3. The van der Waals surface area contributed by atoms with Gasteiger partial charge >= 0.3 is 6.09 Å². The number of carbonyl (C=O) groups excluding carboxylic acids is 1. The third kappa shape index (κ3) is 3.82. The van der Waals surface area contributed by atoms with Crippen LogP contribution in [0.3, 0.4) is 0 Å². The summed E-state index contributed by atoms with van der Waals surface area (Å²) in [6, 6.07) is 0. The maximum Gasteiger partial charge on any atom is 0.409 e. The van der Waals surface area contributed by atoms with Gasteiger partial charge in [0, 0.05) is 39.3 Å². The number of likely N-dealkylation sites (N-methyl/N-ethyl adjacent to an activating group) is 1. The van der Waals surface area contributed by atoms with Gasteiger partial charge in [-0.25, -0.2) is 4.79 Å². The molecule has 0 spiro atoms. The van der Waals surface area contributed by atoms with Crippen molar-refractivity contribution in [2.24, 2.45) is 0 Å². The van der Waals surface area contributed by atoms with Crippen molar-refractivity contribution in [2.75, 3.05) is 70.2 Å². The standard InChI is InChI=1S/C15H24N4O4/c1-4-23-15(22)19-9-7-18(8-10-19)12-11(13(20)14(12)21)16-5-6-17(2)3/h16H,4-10H2,1-3H3. The predicted molar refractivity (Wildman–Crippen MR) is 89.2 cm³/mol. The van der Waals surface area contributed by atoms with Gasteiger partial charge in [-0.1, -0.05) is 0 Å². The third-order valence-corrected chi connectivity index (χ3v) is 3.87. The highest BCUT2D eigenvalue weighted by Crippen LogP contribution is 2.21. The van der Waals surface area contributed by atoms with E-state index in [0.717, 1.165) is 6.54 Å². The zero-order valence-corrected chi connectivity index (χ0v) is 13.9. The summed E-state index contributed by atoms with van der Waals surface area (Å²) in [6.07, 6.45) is -0.332. The van der Waals surface area contributed by atoms with Crippen molar-refractivity contribution >= 4 is 17.5 Å². The van der Waals surface area contributed by atoms with Crippen molar-refractivity contribution in [3.05, 3.63) is 20.4 Å². The molecule has 0 aliphatic carbocycles. The first-order valence-electron chi connectivity index (χ1n) is 7.84. The molecule has 8 heteroatoms. The highest BCUT2D eigenvalue weighted by atomic mass is 16.6. The molecule has 1 aliphatic rings. The Morgan fingerprint density at radius 2 is 1.83 bits per heavy atom. The van der Waals surface area contributed by atoms with Crippen molar-refractivity contribution in [3.8, 4) is 0 Å². The smallest absolute Gasteiger partial charge is 0.409 e. The molecule has 0 saturated carbocycles. The minimum absolute atomic E-state index is 0.332. The first-order valence-corrected chi connectivity index (χ1v) is 7.84. The predicted octanol–water partition coefficient (Wildman–Crippen LogP) is -0.465. The average Bonchev–Trinajstić information content (AvgIpc) is 2.54. The fraction of sp³-hybridized carbons (Fsp3) is 0.667. The minimum Gasteiger partial charge on any atom is -0.450 e. The summed E-state index contributed by atoms with van der Waals surface area (Å²) in [5.41, 5.74) is -0.0350. The molecule has 23 heavy (non-hydrogen) atoms. The second-order valence-electron chi connectivity index (χ2n) is 5.78. The molecule has 0 aromatic heterocycles. The molecule has 1 N–H and O–H groups in total. The molecular weight excluding hydrogens is 300 g/mol. The van der Waals surface area contributed by atoms with E-state index in [0.29, 0.717) is 50.7 Å². The lowest BCUT2D eigenvalue weighted by molar-refractivity contribution is 0.105. The summed E-state index contributed by atoms with van der Waals surface area (Å²) in [5, 5.41) is 3.05. The Morgan fingerprint density at radius 3 is 2.39 bits per heavy atom. The maximum absolute atomic E-state index is 11.9. The Balaban J connectivity index is 1.96. The van der Waals surface area contributed by atoms with Gasteiger partial charge in [-0.15, -0.1) is 0 Å². The molecular formula is C15H24N4O4. The molecule has 2 rings (SSSR count). The minimum atomic E-state index is -0.452. The van der Waals surface area contributed by atoms with E-state index in [1.54, 1.807) is 11.8 Å². The molecule has 8 nitrogen and oxygen atoms in total. The average molecular weight is 324 g/mol. The molecule has 1 aromatic carbocycles. The molecule has 1 fully saturated rings.